The molecule has 0 saturated heterocycles. The molecule has 31 heavy (non-hydrogen) atoms. The summed E-state index contributed by atoms with van der Waals surface area (Å²) in [6.45, 7) is 2.24. The molecule has 0 spiro atoms. The third kappa shape index (κ3) is 4.35. The van der Waals surface area contributed by atoms with E-state index in [2.05, 4.69) is 4.98 Å². The van der Waals surface area contributed by atoms with Gasteiger partial charge in [-0.25, -0.2) is 9.59 Å². The number of ether oxygens (including phenoxy) is 2. The Hall–Kier alpha value is -4.27. The maximum Gasteiger partial charge on any atom is 0.342 e. The Morgan fingerprint density at radius 1 is 1.00 bits per heavy atom. The average molecular weight is 424 g/mol. The van der Waals surface area contributed by atoms with Gasteiger partial charge in [0.05, 0.1) is 7.11 Å². The Bertz CT molecular complexity index is 1210. The molecule has 1 aromatic heterocycles. The summed E-state index contributed by atoms with van der Waals surface area (Å²) in [5.41, 5.74) is 5.27. The standard InChI is InChI=1S/C22H20N2O7/c1-11-3-5-12(6-4-11)10-31-14-8-7-13(9-15(14)30-2)16-17(21(26)27)19(23)24-20(25)18(16)22(28)29/h3-9H,10H2,1-2H3,(H,26,27)(H,28,29)(H3,23,24,25). The minimum atomic E-state index is -1.59. The van der Waals surface area contributed by atoms with E-state index in [-0.39, 0.29) is 23.5 Å². The van der Waals surface area contributed by atoms with Crippen molar-refractivity contribution in [2.24, 2.45) is 0 Å². The molecule has 160 valence electrons. The van der Waals surface area contributed by atoms with Crippen LogP contribution in [0.3, 0.4) is 0 Å². The van der Waals surface area contributed by atoms with Gasteiger partial charge >= 0.3 is 11.9 Å². The van der Waals surface area contributed by atoms with Crippen molar-refractivity contribution in [3.8, 4) is 22.6 Å². The van der Waals surface area contributed by atoms with Crippen LogP contribution in [-0.2, 0) is 6.61 Å². The van der Waals surface area contributed by atoms with Gasteiger partial charge in [-0.05, 0) is 30.2 Å². The minimum Gasteiger partial charge on any atom is -0.493 e. The highest BCUT2D eigenvalue weighted by Crippen LogP contribution is 2.36. The van der Waals surface area contributed by atoms with E-state index in [0.717, 1.165) is 11.1 Å². The minimum absolute atomic E-state index is 0.132. The topological polar surface area (TPSA) is 152 Å². The molecule has 3 aromatic rings. The number of pyridine rings is 1. The molecule has 9 nitrogen and oxygen atoms in total. The van der Waals surface area contributed by atoms with Gasteiger partial charge in [0.2, 0.25) is 0 Å². The number of aromatic carboxylic acids is 2. The third-order valence-electron chi connectivity index (χ3n) is 4.64. The number of H-pyrrole nitrogens is 1. The van der Waals surface area contributed by atoms with E-state index in [1.165, 1.54) is 25.3 Å². The van der Waals surface area contributed by atoms with Crippen LogP contribution < -0.4 is 20.8 Å². The molecular weight excluding hydrogens is 404 g/mol. The van der Waals surface area contributed by atoms with E-state index in [9.17, 15) is 24.6 Å². The van der Waals surface area contributed by atoms with Gasteiger partial charge in [-0.3, -0.25) is 4.79 Å². The van der Waals surface area contributed by atoms with E-state index in [4.69, 9.17) is 15.2 Å². The average Bonchev–Trinajstić information content (AvgIpc) is 2.72. The normalized spacial score (nSPS) is 10.5. The number of carboxylic acids is 2. The highest BCUT2D eigenvalue weighted by molar-refractivity contribution is 6.07. The number of hydrogen-bond donors (Lipinski definition) is 4. The fourth-order valence-corrected chi connectivity index (χ4v) is 3.12. The molecule has 0 saturated carbocycles. The van der Waals surface area contributed by atoms with Gasteiger partial charge in [0.1, 0.15) is 23.6 Å². The van der Waals surface area contributed by atoms with Crippen molar-refractivity contribution in [3.63, 3.8) is 0 Å². The Morgan fingerprint density at radius 2 is 1.65 bits per heavy atom. The molecule has 5 N–H and O–H groups in total. The van der Waals surface area contributed by atoms with Gasteiger partial charge in [0.15, 0.2) is 11.5 Å². The molecule has 0 aliphatic rings. The number of anilines is 1. The van der Waals surface area contributed by atoms with E-state index in [1.807, 2.05) is 31.2 Å². The summed E-state index contributed by atoms with van der Waals surface area (Å²) in [7, 11) is 1.39. The number of hydrogen-bond acceptors (Lipinski definition) is 6. The van der Waals surface area contributed by atoms with Crippen LogP contribution in [-0.4, -0.2) is 34.2 Å². The lowest BCUT2D eigenvalue weighted by molar-refractivity contribution is 0.0695. The molecule has 0 aliphatic carbocycles. The summed E-state index contributed by atoms with van der Waals surface area (Å²) in [4.78, 5) is 37.7. The second-order valence-electron chi connectivity index (χ2n) is 6.74. The Morgan fingerprint density at radius 3 is 2.23 bits per heavy atom. The van der Waals surface area contributed by atoms with Crippen LogP contribution in [0.2, 0.25) is 0 Å². The van der Waals surface area contributed by atoms with Crippen LogP contribution in [0, 0.1) is 6.92 Å². The summed E-state index contributed by atoms with van der Waals surface area (Å²) in [5, 5.41) is 19.1. The highest BCUT2D eigenvalue weighted by Gasteiger charge is 2.27. The first-order valence-electron chi connectivity index (χ1n) is 9.12. The molecular formula is C22H20N2O7. The van der Waals surface area contributed by atoms with Crippen molar-refractivity contribution < 1.29 is 29.3 Å². The van der Waals surface area contributed by atoms with Crippen molar-refractivity contribution >= 4 is 17.8 Å². The summed E-state index contributed by atoms with van der Waals surface area (Å²) in [6.07, 6.45) is 0. The number of aromatic nitrogens is 1. The predicted molar refractivity (Wildman–Crippen MR) is 113 cm³/mol. The largest absolute Gasteiger partial charge is 0.493 e. The van der Waals surface area contributed by atoms with Crippen LogP contribution in [0.15, 0.2) is 47.3 Å². The summed E-state index contributed by atoms with van der Waals surface area (Å²) < 4.78 is 11.1. The van der Waals surface area contributed by atoms with Gasteiger partial charge in [-0.2, -0.15) is 0 Å². The second-order valence-corrected chi connectivity index (χ2v) is 6.74. The number of nitrogens with two attached hydrogens (primary N) is 1. The van der Waals surface area contributed by atoms with Crippen LogP contribution in [0.1, 0.15) is 31.8 Å². The van der Waals surface area contributed by atoms with Crippen molar-refractivity contribution in [1.82, 2.24) is 4.98 Å². The zero-order valence-electron chi connectivity index (χ0n) is 16.8. The van der Waals surface area contributed by atoms with Crippen molar-refractivity contribution in [1.29, 1.82) is 0 Å². The number of carbonyl (C=O) groups is 2. The van der Waals surface area contributed by atoms with Crippen LogP contribution >= 0.6 is 0 Å². The van der Waals surface area contributed by atoms with Crippen LogP contribution in [0.4, 0.5) is 5.82 Å². The van der Waals surface area contributed by atoms with E-state index in [0.29, 0.717) is 5.75 Å². The smallest absolute Gasteiger partial charge is 0.342 e. The Kier molecular flexibility index (Phi) is 5.96. The summed E-state index contributed by atoms with van der Waals surface area (Å²) in [5.74, 6) is -2.92. The van der Waals surface area contributed by atoms with E-state index in [1.54, 1.807) is 0 Å². The van der Waals surface area contributed by atoms with Crippen molar-refractivity contribution in [3.05, 3.63) is 75.1 Å². The highest BCUT2D eigenvalue weighted by atomic mass is 16.5. The first-order valence-corrected chi connectivity index (χ1v) is 9.12. The number of aryl methyl sites for hydroxylation is 1. The SMILES string of the molecule is COc1cc(-c2c(C(=O)O)c(N)[nH]c(=O)c2C(=O)O)ccc1OCc1ccc(C)cc1. The number of nitrogen functional groups attached to an aromatic ring is 1. The van der Waals surface area contributed by atoms with E-state index < -0.39 is 34.4 Å². The lowest BCUT2D eigenvalue weighted by Crippen LogP contribution is -2.24. The Balaban J connectivity index is 2.08. The molecule has 0 radical (unpaired) electrons. The number of carboxylic acid groups (broad SMARTS) is 2. The predicted octanol–water partition coefficient (Wildman–Crippen LogP) is 2.92. The molecule has 1 heterocycles. The molecule has 0 fully saturated rings. The zero-order chi connectivity index (χ0) is 22.7. The summed E-state index contributed by atoms with van der Waals surface area (Å²) in [6, 6.07) is 12.1. The third-order valence-corrected chi connectivity index (χ3v) is 4.64. The zero-order valence-corrected chi connectivity index (χ0v) is 16.8. The van der Waals surface area contributed by atoms with Crippen LogP contribution in [0.5, 0.6) is 11.5 Å². The molecule has 2 aromatic carbocycles. The molecule has 3 rings (SSSR count). The number of methoxy groups -OCH3 is 1. The fourth-order valence-electron chi connectivity index (χ4n) is 3.12. The Labute approximate surface area is 176 Å². The van der Waals surface area contributed by atoms with Gasteiger partial charge in [0.25, 0.3) is 5.56 Å². The quantitative estimate of drug-likeness (QED) is 0.452. The lowest BCUT2D eigenvalue weighted by atomic mass is 9.95. The molecule has 0 aliphatic heterocycles. The fraction of sp³-hybridized carbons (Fsp3) is 0.136. The van der Waals surface area contributed by atoms with Crippen LogP contribution in [0.25, 0.3) is 11.1 Å². The molecule has 0 amide bonds. The second kappa shape index (κ2) is 8.62. The van der Waals surface area contributed by atoms with Gasteiger partial charge in [-0.1, -0.05) is 35.9 Å². The molecule has 9 heteroatoms. The molecule has 0 unspecified atom stereocenters. The maximum atomic E-state index is 12.2. The number of nitrogens with one attached hydrogen (secondary N) is 1. The first-order chi connectivity index (χ1) is 14.7. The molecule has 0 bridgehead atoms. The maximum absolute atomic E-state index is 12.2. The van der Waals surface area contributed by atoms with Gasteiger partial charge in [0, 0.05) is 5.56 Å². The molecule has 0 atom stereocenters. The lowest BCUT2D eigenvalue weighted by Gasteiger charge is -2.15. The van der Waals surface area contributed by atoms with Crippen molar-refractivity contribution in [2.75, 3.05) is 12.8 Å². The van der Waals surface area contributed by atoms with E-state index >= 15 is 0 Å². The number of benzene rings is 2. The number of rotatable bonds is 7. The monoisotopic (exact) mass is 424 g/mol. The first kappa shape index (κ1) is 21.4. The van der Waals surface area contributed by atoms with Crippen molar-refractivity contribution in [2.45, 2.75) is 13.5 Å². The summed E-state index contributed by atoms with van der Waals surface area (Å²) >= 11 is 0. The van der Waals surface area contributed by atoms with Gasteiger partial charge in [-0.15, -0.1) is 0 Å². The number of aromatic amines is 1. The van der Waals surface area contributed by atoms with Gasteiger partial charge < -0.3 is 30.4 Å².